The van der Waals surface area contributed by atoms with Crippen LogP contribution in [0, 0.1) is 13.8 Å². The van der Waals surface area contributed by atoms with E-state index >= 15 is 0 Å². The second-order valence-electron chi connectivity index (χ2n) is 4.31. The molecule has 1 aromatic heterocycles. The van der Waals surface area contributed by atoms with Gasteiger partial charge in [0, 0.05) is 11.3 Å². The Bertz CT molecular complexity index is 529. The minimum atomic E-state index is 0.0419. The van der Waals surface area contributed by atoms with Gasteiger partial charge in [-0.1, -0.05) is 12.1 Å². The number of aromatic nitrogens is 2. The van der Waals surface area contributed by atoms with Crippen LogP contribution in [0.1, 0.15) is 22.5 Å². The van der Waals surface area contributed by atoms with Crippen molar-refractivity contribution in [2.24, 2.45) is 0 Å². The van der Waals surface area contributed by atoms with Crippen LogP contribution in [-0.2, 0) is 13.2 Å². The molecule has 0 unspecified atom stereocenters. The molecule has 0 aliphatic heterocycles. The van der Waals surface area contributed by atoms with Crippen molar-refractivity contribution >= 4 is 0 Å². The molecule has 18 heavy (non-hydrogen) atoms. The molecule has 0 spiro atoms. The fraction of sp³-hybridized carbons (Fsp3) is 0.357. The molecule has 4 nitrogen and oxygen atoms in total. The smallest absolute Gasteiger partial charge is 0.118 e. The Balaban J connectivity index is 2.22. The molecule has 1 N–H and O–H groups in total. The molecular formula is C14H18N2O2. The monoisotopic (exact) mass is 246 g/mol. The molecule has 0 saturated carbocycles. The van der Waals surface area contributed by atoms with E-state index in [1.807, 2.05) is 42.8 Å². The van der Waals surface area contributed by atoms with Gasteiger partial charge in [0.1, 0.15) is 5.75 Å². The highest BCUT2D eigenvalue weighted by molar-refractivity contribution is 5.29. The van der Waals surface area contributed by atoms with Crippen molar-refractivity contribution in [2.75, 3.05) is 7.11 Å². The average molecular weight is 246 g/mol. The molecule has 0 aliphatic carbocycles. The van der Waals surface area contributed by atoms with Crippen molar-refractivity contribution in [2.45, 2.75) is 27.0 Å². The fourth-order valence-corrected chi connectivity index (χ4v) is 2.02. The van der Waals surface area contributed by atoms with E-state index in [0.29, 0.717) is 6.54 Å². The van der Waals surface area contributed by atoms with Gasteiger partial charge in [-0.25, -0.2) is 0 Å². The van der Waals surface area contributed by atoms with Gasteiger partial charge in [-0.2, -0.15) is 5.10 Å². The highest BCUT2D eigenvalue weighted by atomic mass is 16.5. The molecule has 1 aromatic carbocycles. The maximum absolute atomic E-state index is 9.28. The second-order valence-corrected chi connectivity index (χ2v) is 4.31. The Morgan fingerprint density at radius 1 is 1.22 bits per heavy atom. The lowest BCUT2D eigenvalue weighted by molar-refractivity contribution is 0.280. The van der Waals surface area contributed by atoms with E-state index in [-0.39, 0.29) is 6.61 Å². The molecule has 0 atom stereocenters. The molecule has 0 bridgehead atoms. The van der Waals surface area contributed by atoms with E-state index in [2.05, 4.69) is 5.10 Å². The first-order valence-corrected chi connectivity index (χ1v) is 5.92. The standard InChI is InChI=1S/C14H18N2O2/c1-10-14(9-17)11(2)16(15-10)8-12-4-6-13(18-3)7-5-12/h4-7,17H,8-9H2,1-3H3. The van der Waals surface area contributed by atoms with E-state index in [4.69, 9.17) is 4.74 Å². The Kier molecular flexibility index (Phi) is 3.67. The van der Waals surface area contributed by atoms with Gasteiger partial charge in [-0.15, -0.1) is 0 Å². The zero-order valence-electron chi connectivity index (χ0n) is 11.0. The third-order valence-electron chi connectivity index (χ3n) is 3.18. The van der Waals surface area contributed by atoms with E-state index in [1.54, 1.807) is 7.11 Å². The van der Waals surface area contributed by atoms with Crippen LogP contribution in [0.3, 0.4) is 0 Å². The minimum Gasteiger partial charge on any atom is -0.497 e. The third kappa shape index (κ3) is 2.38. The first-order valence-electron chi connectivity index (χ1n) is 5.92. The molecule has 2 aromatic rings. The predicted octanol–water partition coefficient (Wildman–Crippen LogP) is 2.05. The molecule has 0 saturated heterocycles. The summed E-state index contributed by atoms with van der Waals surface area (Å²) >= 11 is 0. The Morgan fingerprint density at radius 2 is 1.89 bits per heavy atom. The number of aliphatic hydroxyl groups is 1. The van der Waals surface area contributed by atoms with Gasteiger partial charge in [0.2, 0.25) is 0 Å². The number of aryl methyl sites for hydroxylation is 1. The molecule has 0 fully saturated rings. The van der Waals surface area contributed by atoms with Crippen molar-refractivity contribution in [1.29, 1.82) is 0 Å². The van der Waals surface area contributed by atoms with Crippen molar-refractivity contribution < 1.29 is 9.84 Å². The van der Waals surface area contributed by atoms with Gasteiger partial charge in [0.25, 0.3) is 0 Å². The number of methoxy groups -OCH3 is 1. The number of benzene rings is 1. The number of rotatable bonds is 4. The summed E-state index contributed by atoms with van der Waals surface area (Å²) < 4.78 is 7.05. The van der Waals surface area contributed by atoms with Crippen LogP contribution in [0.25, 0.3) is 0 Å². The molecule has 96 valence electrons. The van der Waals surface area contributed by atoms with Crippen LogP contribution >= 0.6 is 0 Å². The number of hydrogen-bond acceptors (Lipinski definition) is 3. The lowest BCUT2D eigenvalue weighted by Crippen LogP contribution is -2.04. The summed E-state index contributed by atoms with van der Waals surface area (Å²) in [6.45, 7) is 4.65. The molecule has 0 radical (unpaired) electrons. The Hall–Kier alpha value is -1.81. The zero-order chi connectivity index (χ0) is 13.1. The number of nitrogens with zero attached hydrogens (tertiary/aromatic N) is 2. The topological polar surface area (TPSA) is 47.3 Å². The number of ether oxygens (including phenoxy) is 1. The summed E-state index contributed by atoms with van der Waals surface area (Å²) in [5.41, 5.74) is 3.99. The van der Waals surface area contributed by atoms with Crippen LogP contribution in [0.5, 0.6) is 5.75 Å². The van der Waals surface area contributed by atoms with Crippen LogP contribution in [0.2, 0.25) is 0 Å². The van der Waals surface area contributed by atoms with E-state index in [0.717, 1.165) is 28.3 Å². The lowest BCUT2D eigenvalue weighted by atomic mass is 10.2. The van der Waals surface area contributed by atoms with Crippen molar-refractivity contribution in [1.82, 2.24) is 9.78 Å². The van der Waals surface area contributed by atoms with Gasteiger partial charge >= 0.3 is 0 Å². The third-order valence-corrected chi connectivity index (χ3v) is 3.18. The highest BCUT2D eigenvalue weighted by Gasteiger charge is 2.10. The number of hydrogen-bond donors (Lipinski definition) is 1. The van der Waals surface area contributed by atoms with Gasteiger partial charge < -0.3 is 9.84 Å². The molecule has 4 heteroatoms. The van der Waals surface area contributed by atoms with Crippen molar-refractivity contribution in [3.05, 3.63) is 46.8 Å². The predicted molar refractivity (Wildman–Crippen MR) is 69.7 cm³/mol. The van der Waals surface area contributed by atoms with Crippen LogP contribution in [0.15, 0.2) is 24.3 Å². The summed E-state index contributed by atoms with van der Waals surface area (Å²) in [4.78, 5) is 0. The van der Waals surface area contributed by atoms with Crippen molar-refractivity contribution in [3.8, 4) is 5.75 Å². The first kappa shape index (κ1) is 12.6. The van der Waals surface area contributed by atoms with Gasteiger partial charge in [0.15, 0.2) is 0 Å². The normalized spacial score (nSPS) is 10.7. The van der Waals surface area contributed by atoms with E-state index in [1.165, 1.54) is 0 Å². The Morgan fingerprint density at radius 3 is 2.39 bits per heavy atom. The summed E-state index contributed by atoms with van der Waals surface area (Å²) in [5, 5.41) is 13.7. The van der Waals surface area contributed by atoms with Gasteiger partial charge in [0.05, 0.1) is 26.0 Å². The average Bonchev–Trinajstić information content (AvgIpc) is 2.65. The summed E-state index contributed by atoms with van der Waals surface area (Å²) in [6, 6.07) is 7.92. The summed E-state index contributed by atoms with van der Waals surface area (Å²) in [7, 11) is 1.66. The molecule has 2 rings (SSSR count). The second kappa shape index (κ2) is 5.23. The summed E-state index contributed by atoms with van der Waals surface area (Å²) in [6.07, 6.45) is 0. The molecule has 0 amide bonds. The lowest BCUT2D eigenvalue weighted by Gasteiger charge is -2.06. The van der Waals surface area contributed by atoms with Crippen LogP contribution in [0.4, 0.5) is 0 Å². The van der Waals surface area contributed by atoms with E-state index in [9.17, 15) is 5.11 Å². The quantitative estimate of drug-likeness (QED) is 0.898. The van der Waals surface area contributed by atoms with Crippen LogP contribution < -0.4 is 4.74 Å². The van der Waals surface area contributed by atoms with Crippen LogP contribution in [-0.4, -0.2) is 22.0 Å². The SMILES string of the molecule is COc1ccc(Cn2nc(C)c(CO)c2C)cc1. The molecule has 1 heterocycles. The molecular weight excluding hydrogens is 228 g/mol. The maximum Gasteiger partial charge on any atom is 0.118 e. The van der Waals surface area contributed by atoms with E-state index < -0.39 is 0 Å². The fourth-order valence-electron chi connectivity index (χ4n) is 2.02. The van der Waals surface area contributed by atoms with Gasteiger partial charge in [-0.05, 0) is 31.5 Å². The summed E-state index contributed by atoms with van der Waals surface area (Å²) in [5.74, 6) is 0.850. The highest BCUT2D eigenvalue weighted by Crippen LogP contribution is 2.16. The minimum absolute atomic E-state index is 0.0419. The van der Waals surface area contributed by atoms with Gasteiger partial charge in [-0.3, -0.25) is 4.68 Å². The van der Waals surface area contributed by atoms with Crippen molar-refractivity contribution in [3.63, 3.8) is 0 Å². The number of aliphatic hydroxyl groups excluding tert-OH is 1. The first-order chi connectivity index (χ1) is 8.65. The largest absolute Gasteiger partial charge is 0.497 e. The Labute approximate surface area is 107 Å². The maximum atomic E-state index is 9.28. The molecule has 0 aliphatic rings. The zero-order valence-corrected chi connectivity index (χ0v) is 11.0.